The average molecular weight is 347 g/mol. The second-order valence-corrected chi connectivity index (χ2v) is 5.92. The van der Waals surface area contributed by atoms with E-state index in [-0.39, 0.29) is 5.91 Å². The largest absolute Gasteiger partial charge is 0.495 e. The molecule has 0 radical (unpaired) electrons. The molecule has 4 nitrogen and oxygen atoms in total. The summed E-state index contributed by atoms with van der Waals surface area (Å²) in [6.45, 7) is 2.00. The number of benzene rings is 2. The van der Waals surface area contributed by atoms with E-state index in [2.05, 4.69) is 26.6 Å². The Morgan fingerprint density at radius 2 is 2.05 bits per heavy atom. The van der Waals surface area contributed by atoms with E-state index in [0.717, 1.165) is 32.7 Å². The van der Waals surface area contributed by atoms with Crippen molar-refractivity contribution in [1.82, 2.24) is 0 Å². The van der Waals surface area contributed by atoms with Crippen LogP contribution >= 0.6 is 15.9 Å². The first kappa shape index (κ1) is 13.9. The normalized spacial score (nSPS) is 16.3. The first-order valence-electron chi connectivity index (χ1n) is 6.60. The van der Waals surface area contributed by atoms with E-state index >= 15 is 0 Å². The zero-order valence-electron chi connectivity index (χ0n) is 11.7. The summed E-state index contributed by atoms with van der Waals surface area (Å²) in [6, 6.07) is 11.2. The molecular weight excluding hydrogens is 332 g/mol. The Balaban J connectivity index is 1.98. The monoisotopic (exact) mass is 346 g/mol. The zero-order valence-corrected chi connectivity index (χ0v) is 13.3. The molecule has 3 rings (SSSR count). The quantitative estimate of drug-likeness (QED) is 0.886. The van der Waals surface area contributed by atoms with Gasteiger partial charge in [-0.15, -0.1) is 0 Å². The van der Waals surface area contributed by atoms with E-state index < -0.39 is 6.04 Å². The van der Waals surface area contributed by atoms with Crippen LogP contribution in [0.1, 0.15) is 17.2 Å². The van der Waals surface area contributed by atoms with Gasteiger partial charge >= 0.3 is 0 Å². The van der Waals surface area contributed by atoms with Crippen LogP contribution in [-0.4, -0.2) is 13.0 Å². The number of hydrogen-bond donors (Lipinski definition) is 2. The summed E-state index contributed by atoms with van der Waals surface area (Å²) in [7, 11) is 1.62. The van der Waals surface area contributed by atoms with E-state index in [1.54, 1.807) is 7.11 Å². The summed E-state index contributed by atoms with van der Waals surface area (Å²) in [6.07, 6.45) is 0. The number of amides is 1. The van der Waals surface area contributed by atoms with Crippen LogP contribution in [0, 0.1) is 6.92 Å². The number of methoxy groups -OCH3 is 1. The third-order valence-electron chi connectivity index (χ3n) is 3.50. The SMILES string of the molecule is COc1ccc(C)cc1NC1C(=O)Nc2ccc(Br)cc21. The molecule has 0 saturated heterocycles. The summed E-state index contributed by atoms with van der Waals surface area (Å²) in [5, 5.41) is 6.16. The second kappa shape index (κ2) is 5.41. The number of halogens is 1. The number of carbonyl (C=O) groups is 1. The molecule has 108 valence electrons. The van der Waals surface area contributed by atoms with Crippen molar-refractivity contribution in [1.29, 1.82) is 0 Å². The van der Waals surface area contributed by atoms with Crippen molar-refractivity contribution in [3.05, 3.63) is 52.0 Å². The van der Waals surface area contributed by atoms with Gasteiger partial charge in [0.05, 0.1) is 12.8 Å². The number of hydrogen-bond acceptors (Lipinski definition) is 3. The standard InChI is InChI=1S/C16H15BrN2O2/c1-9-3-6-14(21-2)13(7-9)18-15-11-8-10(17)4-5-12(11)19-16(15)20/h3-8,15,18H,1-2H3,(H,19,20). The van der Waals surface area contributed by atoms with Gasteiger partial charge in [-0.05, 0) is 42.8 Å². The van der Waals surface area contributed by atoms with Crippen LogP contribution in [0.3, 0.4) is 0 Å². The number of carbonyl (C=O) groups excluding carboxylic acids is 1. The van der Waals surface area contributed by atoms with E-state index in [1.807, 2.05) is 43.3 Å². The Morgan fingerprint density at radius 1 is 1.24 bits per heavy atom. The molecule has 2 aromatic rings. The van der Waals surface area contributed by atoms with E-state index in [9.17, 15) is 4.79 Å². The topological polar surface area (TPSA) is 50.4 Å². The van der Waals surface area contributed by atoms with Gasteiger partial charge in [0.2, 0.25) is 0 Å². The Kier molecular flexibility index (Phi) is 3.59. The molecule has 1 unspecified atom stereocenters. The molecule has 21 heavy (non-hydrogen) atoms. The van der Waals surface area contributed by atoms with Crippen LogP contribution in [0.2, 0.25) is 0 Å². The van der Waals surface area contributed by atoms with Crippen molar-refractivity contribution in [3.8, 4) is 5.75 Å². The number of anilines is 2. The summed E-state index contributed by atoms with van der Waals surface area (Å²) < 4.78 is 6.30. The maximum absolute atomic E-state index is 12.2. The minimum absolute atomic E-state index is 0.0633. The van der Waals surface area contributed by atoms with Crippen LogP contribution in [0.15, 0.2) is 40.9 Å². The molecule has 1 aliphatic rings. The zero-order chi connectivity index (χ0) is 15.0. The Morgan fingerprint density at radius 3 is 2.81 bits per heavy atom. The molecule has 0 bridgehead atoms. The van der Waals surface area contributed by atoms with Crippen LogP contribution in [0.25, 0.3) is 0 Å². The maximum atomic E-state index is 12.2. The fourth-order valence-electron chi connectivity index (χ4n) is 2.47. The predicted molar refractivity (Wildman–Crippen MR) is 86.9 cm³/mol. The third kappa shape index (κ3) is 2.61. The van der Waals surface area contributed by atoms with Crippen molar-refractivity contribution in [3.63, 3.8) is 0 Å². The lowest BCUT2D eigenvalue weighted by molar-refractivity contribution is -0.116. The van der Waals surface area contributed by atoms with Crippen molar-refractivity contribution in [2.75, 3.05) is 17.7 Å². The van der Waals surface area contributed by atoms with Crippen LogP contribution in [0.5, 0.6) is 5.75 Å². The second-order valence-electron chi connectivity index (χ2n) is 5.00. The molecule has 1 aliphatic heterocycles. The summed E-state index contributed by atoms with van der Waals surface area (Å²) >= 11 is 3.45. The van der Waals surface area contributed by atoms with Crippen LogP contribution in [-0.2, 0) is 4.79 Å². The van der Waals surface area contributed by atoms with Crippen molar-refractivity contribution in [2.24, 2.45) is 0 Å². The molecule has 0 spiro atoms. The molecule has 0 saturated carbocycles. The summed E-state index contributed by atoms with van der Waals surface area (Å²) in [4.78, 5) is 12.2. The van der Waals surface area contributed by atoms with Gasteiger partial charge in [0.1, 0.15) is 11.8 Å². The first-order chi connectivity index (χ1) is 10.1. The van der Waals surface area contributed by atoms with E-state index in [4.69, 9.17) is 4.74 Å². The Bertz CT molecular complexity index is 715. The highest BCUT2D eigenvalue weighted by Crippen LogP contribution is 2.37. The molecule has 1 amide bonds. The summed E-state index contributed by atoms with van der Waals surface area (Å²) in [5.74, 6) is 0.656. The average Bonchev–Trinajstić information content (AvgIpc) is 2.75. The highest BCUT2D eigenvalue weighted by Gasteiger charge is 2.31. The molecule has 5 heteroatoms. The smallest absolute Gasteiger partial charge is 0.251 e. The fraction of sp³-hybridized carbons (Fsp3) is 0.188. The van der Waals surface area contributed by atoms with Gasteiger partial charge in [-0.2, -0.15) is 0 Å². The molecule has 0 fully saturated rings. The minimum Gasteiger partial charge on any atom is -0.495 e. The van der Waals surface area contributed by atoms with E-state index in [0.29, 0.717) is 0 Å². The van der Waals surface area contributed by atoms with Gasteiger partial charge < -0.3 is 15.4 Å². The minimum atomic E-state index is -0.423. The van der Waals surface area contributed by atoms with Crippen molar-refractivity contribution >= 4 is 33.2 Å². The van der Waals surface area contributed by atoms with Crippen LogP contribution < -0.4 is 15.4 Å². The highest BCUT2D eigenvalue weighted by atomic mass is 79.9. The first-order valence-corrected chi connectivity index (χ1v) is 7.39. The van der Waals surface area contributed by atoms with Gasteiger partial charge in [-0.25, -0.2) is 0 Å². The number of nitrogens with one attached hydrogen (secondary N) is 2. The van der Waals surface area contributed by atoms with Gasteiger partial charge in [0.15, 0.2) is 0 Å². The molecule has 1 heterocycles. The van der Waals surface area contributed by atoms with Crippen molar-refractivity contribution < 1.29 is 9.53 Å². The molecule has 1 atom stereocenters. The lowest BCUT2D eigenvalue weighted by atomic mass is 10.1. The molecule has 2 N–H and O–H groups in total. The number of aryl methyl sites for hydroxylation is 1. The predicted octanol–water partition coefficient (Wildman–Crippen LogP) is 3.87. The molecule has 2 aromatic carbocycles. The van der Waals surface area contributed by atoms with Gasteiger partial charge in [0, 0.05) is 15.7 Å². The number of rotatable bonds is 3. The molecular formula is C16H15BrN2O2. The van der Waals surface area contributed by atoms with Crippen molar-refractivity contribution in [2.45, 2.75) is 13.0 Å². The van der Waals surface area contributed by atoms with Gasteiger partial charge in [-0.1, -0.05) is 22.0 Å². The Labute approximate surface area is 131 Å². The van der Waals surface area contributed by atoms with E-state index in [1.165, 1.54) is 0 Å². The van der Waals surface area contributed by atoms with Gasteiger partial charge in [-0.3, -0.25) is 4.79 Å². The third-order valence-corrected chi connectivity index (χ3v) is 3.99. The number of fused-ring (bicyclic) bond motifs is 1. The molecule has 0 aromatic heterocycles. The maximum Gasteiger partial charge on any atom is 0.251 e. The fourth-order valence-corrected chi connectivity index (χ4v) is 2.84. The molecule has 0 aliphatic carbocycles. The van der Waals surface area contributed by atoms with Crippen LogP contribution in [0.4, 0.5) is 11.4 Å². The number of ether oxygens (including phenoxy) is 1. The Hall–Kier alpha value is -2.01. The summed E-state index contributed by atoms with van der Waals surface area (Å²) in [5.41, 5.74) is 3.68. The lowest BCUT2D eigenvalue weighted by Gasteiger charge is -2.16. The van der Waals surface area contributed by atoms with Gasteiger partial charge in [0.25, 0.3) is 5.91 Å². The highest BCUT2D eigenvalue weighted by molar-refractivity contribution is 9.10. The lowest BCUT2D eigenvalue weighted by Crippen LogP contribution is -2.20.